The van der Waals surface area contributed by atoms with Crippen LogP contribution in [0.4, 0.5) is 0 Å². The number of hydrogen-bond donors (Lipinski definition) is 1. The fraction of sp³-hybridized carbons (Fsp3) is 0.350. The van der Waals surface area contributed by atoms with Gasteiger partial charge in [0.2, 0.25) is 11.8 Å². The van der Waals surface area contributed by atoms with Gasteiger partial charge in [0.15, 0.2) is 0 Å². The molecule has 26 heavy (non-hydrogen) atoms. The van der Waals surface area contributed by atoms with Crippen LogP contribution in [-0.2, 0) is 9.59 Å². The maximum atomic E-state index is 12.3. The van der Waals surface area contributed by atoms with Crippen molar-refractivity contribution < 1.29 is 9.59 Å². The third kappa shape index (κ3) is 4.61. The molecule has 0 unspecified atom stereocenters. The minimum atomic E-state index is -0.192. The molecule has 1 aliphatic rings. The topological polar surface area (TPSA) is 62.3 Å². The van der Waals surface area contributed by atoms with E-state index in [1.54, 1.807) is 0 Å². The van der Waals surface area contributed by atoms with Crippen LogP contribution in [0.3, 0.4) is 0 Å². The Morgan fingerprint density at radius 1 is 1.27 bits per heavy atom. The predicted octanol–water partition coefficient (Wildman–Crippen LogP) is 3.24. The second-order valence-corrected chi connectivity index (χ2v) is 6.98. The van der Waals surface area contributed by atoms with Crippen LogP contribution in [0.1, 0.15) is 31.4 Å². The van der Waals surface area contributed by atoms with Gasteiger partial charge < -0.3 is 10.2 Å². The monoisotopic (exact) mass is 371 g/mol. The first-order chi connectivity index (χ1) is 12.5. The number of amides is 2. The summed E-state index contributed by atoms with van der Waals surface area (Å²) in [6.45, 7) is 2.82. The molecule has 3 rings (SSSR count). The van der Waals surface area contributed by atoms with Crippen LogP contribution in [0.2, 0.25) is 5.02 Å². The van der Waals surface area contributed by atoms with E-state index in [4.69, 9.17) is 16.6 Å². The molecular formula is C20H22ClN3O2. The number of pyridine rings is 1. The summed E-state index contributed by atoms with van der Waals surface area (Å²) in [6, 6.07) is 13.6. The van der Waals surface area contributed by atoms with Crippen molar-refractivity contribution in [2.24, 2.45) is 0 Å². The lowest BCUT2D eigenvalue weighted by atomic mass is 9.93. The van der Waals surface area contributed by atoms with Crippen LogP contribution in [0.5, 0.6) is 0 Å². The lowest BCUT2D eigenvalue weighted by molar-refractivity contribution is -0.133. The molecule has 1 N–H and O–H groups in total. The third-order valence-electron chi connectivity index (χ3n) is 4.57. The van der Waals surface area contributed by atoms with Crippen molar-refractivity contribution in [3.63, 3.8) is 0 Å². The summed E-state index contributed by atoms with van der Waals surface area (Å²) < 4.78 is 0. The highest BCUT2D eigenvalue weighted by Crippen LogP contribution is 2.28. The number of rotatable bonds is 4. The molecule has 0 saturated carbocycles. The van der Waals surface area contributed by atoms with Gasteiger partial charge in [0.1, 0.15) is 0 Å². The average Bonchev–Trinajstić information content (AvgIpc) is 2.66. The van der Waals surface area contributed by atoms with Crippen molar-refractivity contribution in [1.82, 2.24) is 15.2 Å². The summed E-state index contributed by atoms with van der Waals surface area (Å²) in [5.41, 5.74) is 2.85. The summed E-state index contributed by atoms with van der Waals surface area (Å²) in [7, 11) is 0. The number of carbonyl (C=O) groups excluding carboxylic acids is 2. The van der Waals surface area contributed by atoms with Crippen molar-refractivity contribution in [2.45, 2.75) is 25.7 Å². The summed E-state index contributed by atoms with van der Waals surface area (Å²) in [6.07, 6.45) is 1.93. The number of nitrogens with zero attached hydrogens (tertiary/aromatic N) is 2. The lowest BCUT2D eigenvalue weighted by Gasteiger charge is -2.32. The van der Waals surface area contributed by atoms with E-state index in [1.807, 2.05) is 47.4 Å². The molecule has 1 fully saturated rings. The van der Waals surface area contributed by atoms with Gasteiger partial charge in [-0.05, 0) is 37.1 Å². The van der Waals surface area contributed by atoms with Crippen molar-refractivity contribution >= 4 is 23.4 Å². The maximum absolute atomic E-state index is 12.3. The first-order valence-electron chi connectivity index (χ1n) is 8.78. The molecule has 1 saturated heterocycles. The van der Waals surface area contributed by atoms with E-state index in [0.29, 0.717) is 11.6 Å². The zero-order valence-corrected chi connectivity index (χ0v) is 15.5. The molecule has 136 valence electrons. The summed E-state index contributed by atoms with van der Waals surface area (Å²) in [4.78, 5) is 29.9. The van der Waals surface area contributed by atoms with E-state index in [9.17, 15) is 9.59 Å². The molecule has 2 amide bonds. The fourth-order valence-corrected chi connectivity index (χ4v) is 3.43. The Labute approximate surface area is 158 Å². The Bertz CT molecular complexity index is 809. The van der Waals surface area contributed by atoms with Gasteiger partial charge in [-0.3, -0.25) is 14.6 Å². The number of aromatic nitrogens is 1. The molecule has 2 heterocycles. The second kappa shape index (κ2) is 8.32. The van der Waals surface area contributed by atoms with Crippen LogP contribution in [0.25, 0.3) is 11.3 Å². The molecule has 0 aliphatic carbocycles. The van der Waals surface area contributed by atoms with Crippen LogP contribution < -0.4 is 5.32 Å². The first kappa shape index (κ1) is 18.4. The number of halogens is 1. The van der Waals surface area contributed by atoms with Gasteiger partial charge in [-0.25, -0.2) is 0 Å². The largest absolute Gasteiger partial charge is 0.347 e. The quantitative estimate of drug-likeness (QED) is 0.897. The molecule has 1 atom stereocenters. The molecular weight excluding hydrogens is 350 g/mol. The minimum Gasteiger partial charge on any atom is -0.347 e. The number of benzene rings is 1. The standard InChI is InChI=1S/C20H22ClN3O2/c1-14(25)22-12-20(26)24-10-4-6-16(13-24)19-9-3-8-18(23-19)15-5-2-7-17(21)11-15/h2-3,5,7-9,11,16H,4,6,10,12-13H2,1H3,(H,22,25)/t16-/m1/s1. The highest BCUT2D eigenvalue weighted by molar-refractivity contribution is 6.30. The van der Waals surface area contributed by atoms with E-state index in [0.717, 1.165) is 36.3 Å². The molecule has 0 radical (unpaired) electrons. The number of carbonyl (C=O) groups is 2. The van der Waals surface area contributed by atoms with Crippen molar-refractivity contribution in [3.05, 3.63) is 53.2 Å². The smallest absolute Gasteiger partial charge is 0.241 e. The molecule has 0 spiro atoms. The van der Waals surface area contributed by atoms with E-state index in [2.05, 4.69) is 5.32 Å². The van der Waals surface area contributed by atoms with E-state index in [1.165, 1.54) is 6.92 Å². The third-order valence-corrected chi connectivity index (χ3v) is 4.81. The summed E-state index contributed by atoms with van der Waals surface area (Å²) in [5.74, 6) is -0.0390. The Hall–Kier alpha value is -2.40. The molecule has 1 aliphatic heterocycles. The Kier molecular flexibility index (Phi) is 5.89. The summed E-state index contributed by atoms with van der Waals surface area (Å²) in [5, 5.41) is 3.26. The number of nitrogens with one attached hydrogen (secondary N) is 1. The molecule has 5 nitrogen and oxygen atoms in total. The summed E-state index contributed by atoms with van der Waals surface area (Å²) >= 11 is 6.09. The van der Waals surface area contributed by atoms with E-state index < -0.39 is 0 Å². The van der Waals surface area contributed by atoms with Gasteiger partial charge >= 0.3 is 0 Å². The van der Waals surface area contributed by atoms with Crippen molar-refractivity contribution in [2.75, 3.05) is 19.6 Å². The Balaban J connectivity index is 1.73. The zero-order chi connectivity index (χ0) is 18.5. The van der Waals surface area contributed by atoms with Gasteiger partial charge in [-0.2, -0.15) is 0 Å². The average molecular weight is 372 g/mol. The molecule has 0 bridgehead atoms. The predicted molar refractivity (Wildman–Crippen MR) is 102 cm³/mol. The second-order valence-electron chi connectivity index (χ2n) is 6.55. The first-order valence-corrected chi connectivity index (χ1v) is 9.16. The highest BCUT2D eigenvalue weighted by atomic mass is 35.5. The normalized spacial score (nSPS) is 17.0. The molecule has 6 heteroatoms. The van der Waals surface area contributed by atoms with Gasteiger partial charge in [-0.15, -0.1) is 0 Å². The zero-order valence-electron chi connectivity index (χ0n) is 14.7. The van der Waals surface area contributed by atoms with Gasteiger partial charge in [-0.1, -0.05) is 29.8 Å². The van der Waals surface area contributed by atoms with E-state index >= 15 is 0 Å². The van der Waals surface area contributed by atoms with Crippen LogP contribution >= 0.6 is 11.6 Å². The van der Waals surface area contributed by atoms with Crippen molar-refractivity contribution in [3.8, 4) is 11.3 Å². The number of likely N-dealkylation sites (tertiary alicyclic amines) is 1. The highest BCUT2D eigenvalue weighted by Gasteiger charge is 2.25. The number of piperidine rings is 1. The van der Waals surface area contributed by atoms with Gasteiger partial charge in [0.05, 0.1) is 12.2 Å². The molecule has 1 aromatic carbocycles. The van der Waals surface area contributed by atoms with Gasteiger partial charge in [0, 0.05) is 42.2 Å². The SMILES string of the molecule is CC(=O)NCC(=O)N1CCC[C@@H](c2cccc(-c3cccc(Cl)c3)n2)C1. The molecule has 2 aromatic rings. The van der Waals surface area contributed by atoms with Crippen LogP contribution in [0.15, 0.2) is 42.5 Å². The molecule has 1 aromatic heterocycles. The van der Waals surface area contributed by atoms with Crippen LogP contribution in [0, 0.1) is 0 Å². The minimum absolute atomic E-state index is 0.0455. The van der Waals surface area contributed by atoms with Crippen LogP contribution in [-0.4, -0.2) is 41.3 Å². The fourth-order valence-electron chi connectivity index (χ4n) is 3.24. The Morgan fingerprint density at radius 3 is 2.85 bits per heavy atom. The van der Waals surface area contributed by atoms with E-state index in [-0.39, 0.29) is 24.3 Å². The maximum Gasteiger partial charge on any atom is 0.241 e. The van der Waals surface area contributed by atoms with Gasteiger partial charge in [0.25, 0.3) is 0 Å². The number of hydrogen-bond acceptors (Lipinski definition) is 3. The Morgan fingerprint density at radius 2 is 2.08 bits per heavy atom. The lowest BCUT2D eigenvalue weighted by Crippen LogP contribution is -2.44. The van der Waals surface area contributed by atoms with Crippen molar-refractivity contribution in [1.29, 1.82) is 0 Å².